The summed E-state index contributed by atoms with van der Waals surface area (Å²) >= 11 is 0. The van der Waals surface area contributed by atoms with Gasteiger partial charge < -0.3 is 5.32 Å². The van der Waals surface area contributed by atoms with Crippen LogP contribution in [-0.4, -0.2) is 11.7 Å². The molecule has 0 saturated heterocycles. The lowest BCUT2D eigenvalue weighted by molar-refractivity contribution is 0.253. The molecule has 2 amide bonds. The van der Waals surface area contributed by atoms with Crippen molar-refractivity contribution < 1.29 is 9.18 Å². The van der Waals surface area contributed by atoms with Crippen molar-refractivity contribution in [3.05, 3.63) is 59.1 Å². The molecule has 1 aliphatic heterocycles. The summed E-state index contributed by atoms with van der Waals surface area (Å²) in [7, 11) is 0. The number of fused-ring (bicyclic) bond motifs is 1. The van der Waals surface area contributed by atoms with Crippen LogP contribution in [0.1, 0.15) is 17.0 Å². The van der Waals surface area contributed by atoms with Gasteiger partial charge in [0.2, 0.25) is 0 Å². The molecule has 0 saturated carbocycles. The number of benzene rings is 1. The number of halogens is 1. The second-order valence-electron chi connectivity index (χ2n) is 4.36. The van der Waals surface area contributed by atoms with Gasteiger partial charge in [0.25, 0.3) is 0 Å². The van der Waals surface area contributed by atoms with Crippen LogP contribution in [0.5, 0.6) is 0 Å². The van der Waals surface area contributed by atoms with Gasteiger partial charge in [-0.3, -0.25) is 0 Å². The van der Waals surface area contributed by atoms with E-state index in [0.717, 1.165) is 5.56 Å². The minimum atomic E-state index is -0.369. The van der Waals surface area contributed by atoms with Crippen LogP contribution >= 0.6 is 0 Å². The number of carbonyl (C=O) groups excluding carboxylic acids is 1. The standard InChI is InChI=1S/C14H11FN2O/c1-8-3-2-4-10(15)13(8)9-5-6-11-12(7-9)17-14(18)16-11/h2-7,9H,1H3,(H,17,18). The summed E-state index contributed by atoms with van der Waals surface area (Å²) in [5.41, 5.74) is 2.81. The van der Waals surface area contributed by atoms with Gasteiger partial charge in [0.1, 0.15) is 5.82 Å². The maximum Gasteiger partial charge on any atom is 0.346 e. The second-order valence-corrected chi connectivity index (χ2v) is 4.36. The molecule has 1 aromatic carbocycles. The third-order valence-electron chi connectivity index (χ3n) is 3.15. The number of hydrogen-bond acceptors (Lipinski definition) is 1. The third-order valence-corrected chi connectivity index (χ3v) is 3.15. The maximum atomic E-state index is 13.9. The Morgan fingerprint density at radius 2 is 2.22 bits per heavy atom. The van der Waals surface area contributed by atoms with Gasteiger partial charge in [0.05, 0.1) is 11.4 Å². The first-order valence-corrected chi connectivity index (χ1v) is 5.70. The summed E-state index contributed by atoms with van der Waals surface area (Å²) < 4.78 is 13.9. The fourth-order valence-corrected chi connectivity index (χ4v) is 2.31. The molecule has 3 nitrogen and oxygen atoms in total. The fourth-order valence-electron chi connectivity index (χ4n) is 2.31. The highest BCUT2D eigenvalue weighted by atomic mass is 19.1. The zero-order valence-corrected chi connectivity index (χ0v) is 9.77. The molecule has 0 radical (unpaired) electrons. The van der Waals surface area contributed by atoms with Gasteiger partial charge in [-0.15, -0.1) is 0 Å². The number of nitrogens with zero attached hydrogens (tertiary/aromatic N) is 1. The van der Waals surface area contributed by atoms with Gasteiger partial charge in [-0.2, -0.15) is 4.99 Å². The number of aryl methyl sites for hydroxylation is 1. The number of amides is 2. The maximum absolute atomic E-state index is 13.9. The van der Waals surface area contributed by atoms with Gasteiger partial charge in [-0.25, -0.2) is 9.18 Å². The Kier molecular flexibility index (Phi) is 2.37. The molecule has 1 atom stereocenters. The molecule has 0 aromatic heterocycles. The molecule has 1 aliphatic carbocycles. The van der Waals surface area contributed by atoms with Gasteiger partial charge >= 0.3 is 6.03 Å². The highest BCUT2D eigenvalue weighted by molar-refractivity contribution is 6.19. The van der Waals surface area contributed by atoms with E-state index in [1.807, 2.05) is 25.1 Å². The normalized spacial score (nSPS) is 21.2. The lowest BCUT2D eigenvalue weighted by Gasteiger charge is -2.17. The van der Waals surface area contributed by atoms with Crippen molar-refractivity contribution in [2.24, 2.45) is 4.99 Å². The number of nitrogens with one attached hydrogen (secondary N) is 1. The van der Waals surface area contributed by atoms with Crippen molar-refractivity contribution >= 4 is 11.7 Å². The number of hydrogen-bond donors (Lipinski definition) is 1. The molecule has 0 fully saturated rings. The first-order chi connectivity index (χ1) is 8.65. The molecule has 90 valence electrons. The highest BCUT2D eigenvalue weighted by Crippen LogP contribution is 2.29. The lowest BCUT2D eigenvalue weighted by Crippen LogP contribution is -2.17. The first kappa shape index (κ1) is 10.9. The van der Waals surface area contributed by atoms with Crippen molar-refractivity contribution in [1.29, 1.82) is 0 Å². The average molecular weight is 242 g/mol. The van der Waals surface area contributed by atoms with E-state index in [1.165, 1.54) is 6.07 Å². The van der Waals surface area contributed by atoms with Crippen LogP contribution in [0.4, 0.5) is 9.18 Å². The van der Waals surface area contributed by atoms with E-state index >= 15 is 0 Å². The first-order valence-electron chi connectivity index (χ1n) is 5.70. The van der Waals surface area contributed by atoms with Gasteiger partial charge in [0, 0.05) is 11.5 Å². The molecule has 1 aromatic rings. The van der Waals surface area contributed by atoms with Gasteiger partial charge in [0.15, 0.2) is 0 Å². The Hall–Kier alpha value is -2.23. The van der Waals surface area contributed by atoms with E-state index in [1.54, 1.807) is 12.1 Å². The van der Waals surface area contributed by atoms with E-state index < -0.39 is 0 Å². The molecular formula is C14H11FN2O. The Bertz CT molecular complexity index is 608. The lowest BCUT2D eigenvalue weighted by atomic mass is 9.89. The number of aliphatic imine (C=N–C) groups is 1. The largest absolute Gasteiger partial charge is 0.346 e. The molecule has 1 N–H and O–H groups in total. The van der Waals surface area contributed by atoms with Gasteiger partial charge in [-0.1, -0.05) is 18.2 Å². The van der Waals surface area contributed by atoms with Crippen LogP contribution in [0.2, 0.25) is 0 Å². The third kappa shape index (κ3) is 1.66. The summed E-state index contributed by atoms with van der Waals surface area (Å²) in [4.78, 5) is 14.9. The van der Waals surface area contributed by atoms with Crippen LogP contribution in [0, 0.1) is 12.7 Å². The monoisotopic (exact) mass is 242 g/mol. The fraction of sp³-hybridized carbons (Fsp3) is 0.143. The predicted octanol–water partition coefficient (Wildman–Crippen LogP) is 2.84. The number of allylic oxidation sites excluding steroid dienone is 3. The predicted molar refractivity (Wildman–Crippen MR) is 67.1 cm³/mol. The summed E-state index contributed by atoms with van der Waals surface area (Å²) in [5, 5.41) is 2.64. The van der Waals surface area contributed by atoms with Crippen molar-refractivity contribution in [2.45, 2.75) is 12.8 Å². The highest BCUT2D eigenvalue weighted by Gasteiger charge is 2.24. The van der Waals surface area contributed by atoms with E-state index in [-0.39, 0.29) is 17.8 Å². The van der Waals surface area contributed by atoms with Crippen LogP contribution in [0.25, 0.3) is 0 Å². The molecule has 18 heavy (non-hydrogen) atoms. The molecule has 1 unspecified atom stereocenters. The quantitative estimate of drug-likeness (QED) is 0.808. The Balaban J connectivity index is 2.04. The average Bonchev–Trinajstić information content (AvgIpc) is 2.68. The van der Waals surface area contributed by atoms with E-state index in [4.69, 9.17) is 0 Å². The number of carbonyl (C=O) groups is 1. The number of rotatable bonds is 1. The van der Waals surface area contributed by atoms with E-state index in [9.17, 15) is 9.18 Å². The van der Waals surface area contributed by atoms with Crippen molar-refractivity contribution in [3.8, 4) is 0 Å². The Morgan fingerprint density at radius 3 is 3.00 bits per heavy atom. The number of urea groups is 1. The van der Waals surface area contributed by atoms with Gasteiger partial charge in [-0.05, 0) is 30.7 Å². The molecule has 3 rings (SSSR count). The summed E-state index contributed by atoms with van der Waals surface area (Å²) in [6.45, 7) is 1.88. The van der Waals surface area contributed by atoms with E-state index in [2.05, 4.69) is 10.3 Å². The summed E-state index contributed by atoms with van der Waals surface area (Å²) in [6.07, 6.45) is 5.44. The van der Waals surface area contributed by atoms with Crippen LogP contribution in [0.15, 0.2) is 47.1 Å². The zero-order chi connectivity index (χ0) is 12.7. The molecule has 4 heteroatoms. The van der Waals surface area contributed by atoms with E-state index in [0.29, 0.717) is 17.0 Å². The molecule has 0 spiro atoms. The SMILES string of the molecule is Cc1cccc(F)c1C1C=CC2=NC(=O)NC2=C1. The van der Waals surface area contributed by atoms with Crippen LogP contribution in [-0.2, 0) is 0 Å². The Labute approximate surface area is 104 Å². The Morgan fingerprint density at radius 1 is 1.39 bits per heavy atom. The minimum absolute atomic E-state index is 0.168. The molecule has 1 heterocycles. The van der Waals surface area contributed by atoms with Crippen molar-refractivity contribution in [1.82, 2.24) is 5.32 Å². The van der Waals surface area contributed by atoms with Crippen molar-refractivity contribution in [3.63, 3.8) is 0 Å². The minimum Gasteiger partial charge on any atom is -0.304 e. The topological polar surface area (TPSA) is 41.5 Å². The second kappa shape index (κ2) is 3.91. The summed E-state index contributed by atoms with van der Waals surface area (Å²) in [5.74, 6) is -0.398. The molecule has 0 bridgehead atoms. The summed E-state index contributed by atoms with van der Waals surface area (Å²) in [6, 6.07) is 4.65. The molecular weight excluding hydrogens is 231 g/mol. The zero-order valence-electron chi connectivity index (χ0n) is 9.77. The smallest absolute Gasteiger partial charge is 0.304 e. The van der Waals surface area contributed by atoms with Crippen LogP contribution in [0.3, 0.4) is 0 Å². The van der Waals surface area contributed by atoms with Crippen molar-refractivity contribution in [2.75, 3.05) is 0 Å². The van der Waals surface area contributed by atoms with Crippen LogP contribution < -0.4 is 5.32 Å². The molecule has 2 aliphatic rings.